The minimum Gasteiger partial charge on any atom is -0.497 e. The van der Waals surface area contributed by atoms with Gasteiger partial charge in [0.15, 0.2) is 11.0 Å². The molecule has 0 aliphatic carbocycles. The van der Waals surface area contributed by atoms with Crippen molar-refractivity contribution in [1.29, 1.82) is 0 Å². The largest absolute Gasteiger partial charge is 0.499 e. The first-order valence-electron chi connectivity index (χ1n) is 12.5. The molecule has 2 N–H and O–H groups in total. The summed E-state index contributed by atoms with van der Waals surface area (Å²) in [6.45, 7) is 1.85. The lowest BCUT2D eigenvalue weighted by atomic mass is 10.1. The Labute approximate surface area is 251 Å². The molecule has 1 aromatic heterocycles. The van der Waals surface area contributed by atoms with Gasteiger partial charge in [0.2, 0.25) is 0 Å². The average Bonchev–Trinajstić information content (AvgIpc) is 3.47. The second kappa shape index (κ2) is 13.5. The lowest BCUT2D eigenvalue weighted by Gasteiger charge is -2.20. The third-order valence-corrected chi connectivity index (χ3v) is 6.52. The summed E-state index contributed by atoms with van der Waals surface area (Å²) in [5, 5.41) is 17.8. The number of hydrazone groups is 1. The molecule has 0 saturated carbocycles. The lowest BCUT2D eigenvalue weighted by Crippen LogP contribution is -2.41. The number of benzene rings is 3. The van der Waals surface area contributed by atoms with E-state index in [0.29, 0.717) is 34.1 Å². The van der Waals surface area contributed by atoms with Crippen LogP contribution in [0.15, 0.2) is 83.2 Å². The molecule has 1 heterocycles. The van der Waals surface area contributed by atoms with Crippen LogP contribution in [-0.4, -0.2) is 62.4 Å². The van der Waals surface area contributed by atoms with E-state index in [4.69, 9.17) is 9.84 Å². The number of rotatable bonds is 10. The van der Waals surface area contributed by atoms with Gasteiger partial charge < -0.3 is 14.6 Å². The zero-order valence-electron chi connectivity index (χ0n) is 22.9. The standard InChI is InChI=1S/C28H23F5N6O4S/c1-17-13-22(42-2)11-12-23(17)36-26(44-15-24(40)41)37-35-14-18-3-5-19(6-4-18)25-34-16-39(38-25)20-7-9-21(10-8-20)43-28(32,33)27(29,30)31/h3-14,16H,15H2,1-2H3,(H,36,37)(H,40,41)/b35-14+. The average molecular weight is 635 g/mol. The molecule has 0 bridgehead atoms. The number of nitrogens with one attached hydrogen (secondary N) is 1. The number of carboxylic acids is 1. The maximum atomic E-state index is 13.1. The molecule has 16 heteroatoms. The number of aromatic nitrogens is 3. The number of aliphatic imine (C=N–C) groups is 1. The van der Waals surface area contributed by atoms with Gasteiger partial charge in [-0.25, -0.2) is 14.7 Å². The molecule has 0 saturated heterocycles. The number of carboxylic acid groups (broad SMARTS) is 1. The molecule has 0 unspecified atom stereocenters. The van der Waals surface area contributed by atoms with Crippen LogP contribution in [0.4, 0.5) is 27.6 Å². The van der Waals surface area contributed by atoms with Crippen molar-refractivity contribution in [2.75, 3.05) is 12.9 Å². The van der Waals surface area contributed by atoms with Crippen LogP contribution in [0.1, 0.15) is 11.1 Å². The fourth-order valence-electron chi connectivity index (χ4n) is 3.48. The van der Waals surface area contributed by atoms with E-state index in [9.17, 15) is 26.7 Å². The molecule has 10 nitrogen and oxygen atoms in total. The fraction of sp³-hybridized carbons (Fsp3) is 0.179. The van der Waals surface area contributed by atoms with Crippen molar-refractivity contribution < 1.29 is 41.3 Å². The molecule has 0 fully saturated rings. The van der Waals surface area contributed by atoms with Crippen molar-refractivity contribution in [3.63, 3.8) is 0 Å². The van der Waals surface area contributed by atoms with E-state index in [2.05, 4.69) is 30.3 Å². The van der Waals surface area contributed by atoms with Crippen LogP contribution in [-0.2, 0) is 4.79 Å². The van der Waals surface area contributed by atoms with E-state index in [-0.39, 0.29) is 10.9 Å². The Morgan fingerprint density at radius 1 is 1.05 bits per heavy atom. The van der Waals surface area contributed by atoms with Gasteiger partial charge in [-0.15, -0.1) is 5.10 Å². The molecule has 4 rings (SSSR count). The molecule has 4 aromatic rings. The SMILES string of the molecule is COc1ccc(/N=C(/N/N=C/c2ccc(-c3ncn(-c4ccc(OC(F)(F)C(F)(F)F)cc4)n3)cc2)SCC(=O)O)c(C)c1. The number of nitrogens with zero attached hydrogens (tertiary/aromatic N) is 5. The van der Waals surface area contributed by atoms with E-state index in [0.717, 1.165) is 29.5 Å². The Balaban J connectivity index is 1.41. The van der Waals surface area contributed by atoms with Crippen molar-refractivity contribution in [3.8, 4) is 28.6 Å². The van der Waals surface area contributed by atoms with Crippen LogP contribution in [0, 0.1) is 6.92 Å². The predicted octanol–water partition coefficient (Wildman–Crippen LogP) is 6.21. The molecule has 0 amide bonds. The molecule has 3 aromatic carbocycles. The number of thioether (sulfide) groups is 1. The highest BCUT2D eigenvalue weighted by Crippen LogP contribution is 2.37. The Kier molecular flexibility index (Phi) is 9.83. The minimum atomic E-state index is -5.85. The van der Waals surface area contributed by atoms with E-state index in [1.54, 1.807) is 49.6 Å². The van der Waals surface area contributed by atoms with Crippen molar-refractivity contribution in [2.45, 2.75) is 19.2 Å². The summed E-state index contributed by atoms with van der Waals surface area (Å²) in [5.74, 6) is -0.915. The van der Waals surface area contributed by atoms with Gasteiger partial charge in [0.25, 0.3) is 0 Å². The second-order valence-electron chi connectivity index (χ2n) is 8.87. The van der Waals surface area contributed by atoms with Crippen LogP contribution in [0.3, 0.4) is 0 Å². The number of aryl methyl sites for hydroxylation is 1. The van der Waals surface area contributed by atoms with Crippen LogP contribution < -0.4 is 14.9 Å². The van der Waals surface area contributed by atoms with Gasteiger partial charge in [-0.1, -0.05) is 36.0 Å². The highest BCUT2D eigenvalue weighted by molar-refractivity contribution is 8.14. The van der Waals surface area contributed by atoms with Crippen LogP contribution >= 0.6 is 11.8 Å². The van der Waals surface area contributed by atoms with Gasteiger partial charge >= 0.3 is 18.3 Å². The monoisotopic (exact) mass is 634 g/mol. The topological polar surface area (TPSA) is 123 Å². The minimum absolute atomic E-state index is 0.225. The van der Waals surface area contributed by atoms with Gasteiger partial charge in [0.1, 0.15) is 17.8 Å². The number of methoxy groups -OCH3 is 1. The Bertz CT molecular complexity index is 1660. The summed E-state index contributed by atoms with van der Waals surface area (Å²) >= 11 is 0.972. The number of alkyl halides is 5. The van der Waals surface area contributed by atoms with Crippen molar-refractivity contribution in [3.05, 3.63) is 84.2 Å². The first kappa shape index (κ1) is 31.9. The van der Waals surface area contributed by atoms with Gasteiger partial charge in [-0.2, -0.15) is 27.1 Å². The third-order valence-electron chi connectivity index (χ3n) is 5.67. The highest BCUT2D eigenvalue weighted by Gasteiger charge is 2.61. The Hall–Kier alpha value is -4.99. The lowest BCUT2D eigenvalue weighted by molar-refractivity contribution is -0.360. The quantitative estimate of drug-likeness (QED) is 0.0914. The molecule has 0 radical (unpaired) electrons. The Morgan fingerprint density at radius 3 is 2.34 bits per heavy atom. The van der Waals surface area contributed by atoms with Gasteiger partial charge in [-0.3, -0.25) is 10.2 Å². The normalized spacial score (nSPS) is 12.4. The van der Waals surface area contributed by atoms with E-state index >= 15 is 0 Å². The van der Waals surface area contributed by atoms with Crippen molar-refractivity contribution in [2.24, 2.45) is 10.1 Å². The number of carbonyl (C=O) groups is 1. The van der Waals surface area contributed by atoms with E-state index in [1.165, 1.54) is 29.4 Å². The van der Waals surface area contributed by atoms with Crippen LogP contribution in [0.25, 0.3) is 17.1 Å². The molecular weight excluding hydrogens is 611 g/mol. The second-order valence-corrected chi connectivity index (χ2v) is 9.83. The summed E-state index contributed by atoms with van der Waals surface area (Å²) in [7, 11) is 1.55. The third kappa shape index (κ3) is 8.31. The van der Waals surface area contributed by atoms with Crippen molar-refractivity contribution in [1.82, 2.24) is 20.2 Å². The molecule has 44 heavy (non-hydrogen) atoms. The first-order chi connectivity index (χ1) is 20.8. The Morgan fingerprint density at radius 2 is 1.73 bits per heavy atom. The summed E-state index contributed by atoms with van der Waals surface area (Å²) in [5.41, 5.74) is 5.89. The maximum absolute atomic E-state index is 13.1. The summed E-state index contributed by atoms with van der Waals surface area (Å²) in [6, 6.07) is 16.7. The van der Waals surface area contributed by atoms with Crippen LogP contribution in [0.2, 0.25) is 0 Å². The van der Waals surface area contributed by atoms with E-state index < -0.39 is 24.0 Å². The first-order valence-corrected chi connectivity index (χ1v) is 13.5. The molecule has 0 aliphatic heterocycles. The number of halogens is 5. The molecule has 230 valence electrons. The molecular formula is C28H23F5N6O4S. The zero-order chi connectivity index (χ0) is 31.9. The van der Waals surface area contributed by atoms with E-state index in [1.807, 2.05) is 6.92 Å². The zero-order valence-corrected chi connectivity index (χ0v) is 23.7. The molecule has 0 atom stereocenters. The number of hydrogen-bond acceptors (Lipinski definition) is 8. The molecule has 0 spiro atoms. The summed E-state index contributed by atoms with van der Waals surface area (Å²) in [6.07, 6.45) is -8.30. The number of ether oxygens (including phenoxy) is 2. The smallest absolute Gasteiger partial charge is 0.497 e. The molecule has 0 aliphatic rings. The summed E-state index contributed by atoms with van der Waals surface area (Å²) < 4.78 is 73.7. The summed E-state index contributed by atoms with van der Waals surface area (Å²) in [4.78, 5) is 19.8. The van der Waals surface area contributed by atoms with Crippen LogP contribution in [0.5, 0.6) is 11.5 Å². The number of aliphatic carboxylic acids is 1. The number of amidine groups is 1. The number of hydrogen-bond donors (Lipinski definition) is 2. The van der Waals surface area contributed by atoms with Crippen molar-refractivity contribution >= 4 is 34.8 Å². The predicted molar refractivity (Wildman–Crippen MR) is 154 cm³/mol. The fourth-order valence-corrected chi connectivity index (χ4v) is 4.02. The highest BCUT2D eigenvalue weighted by atomic mass is 32.2. The van der Waals surface area contributed by atoms with Gasteiger partial charge in [0, 0.05) is 5.56 Å². The maximum Gasteiger partial charge on any atom is 0.499 e. The van der Waals surface area contributed by atoms with Gasteiger partial charge in [0.05, 0.1) is 30.5 Å². The van der Waals surface area contributed by atoms with Gasteiger partial charge in [-0.05, 0) is 60.5 Å².